The molecule has 1 aromatic carbocycles. The third-order valence-electron chi connectivity index (χ3n) is 3.39. The number of imidazole rings is 1. The van der Waals surface area contributed by atoms with Gasteiger partial charge >= 0.3 is 11.9 Å². The summed E-state index contributed by atoms with van der Waals surface area (Å²) in [6.45, 7) is 3.42. The van der Waals surface area contributed by atoms with Gasteiger partial charge < -0.3 is 14.0 Å². The zero-order chi connectivity index (χ0) is 16.1. The van der Waals surface area contributed by atoms with Crippen LogP contribution in [0.5, 0.6) is 0 Å². The zero-order valence-electron chi connectivity index (χ0n) is 12.7. The second-order valence-electron chi connectivity index (χ2n) is 4.84. The number of carbonyl (C=O) groups excluding carboxylic acids is 2. The number of esters is 2. The van der Waals surface area contributed by atoms with Gasteiger partial charge in [-0.3, -0.25) is 0 Å². The van der Waals surface area contributed by atoms with Crippen molar-refractivity contribution in [3.8, 4) is 0 Å². The van der Waals surface area contributed by atoms with Crippen LogP contribution in [0.15, 0.2) is 42.9 Å². The second kappa shape index (κ2) is 6.89. The first-order valence-corrected chi connectivity index (χ1v) is 6.90. The van der Waals surface area contributed by atoms with Gasteiger partial charge in [-0.2, -0.15) is 0 Å². The van der Waals surface area contributed by atoms with E-state index in [0.717, 1.165) is 5.56 Å². The lowest BCUT2D eigenvalue weighted by Crippen LogP contribution is -2.26. The van der Waals surface area contributed by atoms with Crippen LogP contribution < -0.4 is 0 Å². The average Bonchev–Trinajstić information content (AvgIpc) is 3.03. The summed E-state index contributed by atoms with van der Waals surface area (Å²) in [6.07, 6.45) is 2.02. The molecule has 6 heteroatoms. The van der Waals surface area contributed by atoms with E-state index in [4.69, 9.17) is 4.74 Å². The molecule has 2 atom stereocenters. The number of aromatic nitrogens is 2. The average molecular weight is 302 g/mol. The molecule has 0 N–H and O–H groups in total. The molecule has 0 bridgehead atoms. The molecule has 1 aromatic heterocycles. The number of rotatable bonds is 5. The Morgan fingerprint density at radius 1 is 1.18 bits per heavy atom. The third-order valence-corrected chi connectivity index (χ3v) is 3.39. The van der Waals surface area contributed by atoms with Gasteiger partial charge in [0.05, 0.1) is 25.7 Å². The minimum absolute atomic E-state index is 0.0836. The quantitative estimate of drug-likeness (QED) is 0.792. The first kappa shape index (κ1) is 15.8. The second-order valence-corrected chi connectivity index (χ2v) is 4.84. The fourth-order valence-electron chi connectivity index (χ4n) is 2.10. The molecule has 0 radical (unpaired) electrons. The predicted molar refractivity (Wildman–Crippen MR) is 79.4 cm³/mol. The standard InChI is InChI=1S/C16H18N2O4/c1-11(13-7-5-4-6-8-13)18-10-17-9-14(18)16(20)22-12(2)15(19)21-3/h4-12H,1-3H3/t11?,12-/m1/s1. The number of methoxy groups -OCH3 is 1. The summed E-state index contributed by atoms with van der Waals surface area (Å²) in [6, 6.07) is 9.64. The van der Waals surface area contributed by atoms with Crippen LogP contribution >= 0.6 is 0 Å². The summed E-state index contributed by atoms with van der Waals surface area (Å²) >= 11 is 0. The van der Waals surface area contributed by atoms with Crippen molar-refractivity contribution in [3.05, 3.63) is 54.1 Å². The number of ether oxygens (including phenoxy) is 2. The number of carbonyl (C=O) groups is 2. The molecule has 2 rings (SSSR count). The maximum absolute atomic E-state index is 12.2. The molecule has 0 saturated heterocycles. The number of benzene rings is 1. The van der Waals surface area contributed by atoms with Gasteiger partial charge in [0.1, 0.15) is 5.69 Å². The van der Waals surface area contributed by atoms with Crippen LogP contribution in [0.2, 0.25) is 0 Å². The van der Waals surface area contributed by atoms with Gasteiger partial charge in [0.25, 0.3) is 0 Å². The largest absolute Gasteiger partial charge is 0.466 e. The van der Waals surface area contributed by atoms with E-state index >= 15 is 0 Å². The van der Waals surface area contributed by atoms with Crippen LogP contribution in [0, 0.1) is 0 Å². The topological polar surface area (TPSA) is 70.4 Å². The summed E-state index contributed by atoms with van der Waals surface area (Å²) in [5.41, 5.74) is 1.32. The van der Waals surface area contributed by atoms with Crippen molar-refractivity contribution in [2.24, 2.45) is 0 Å². The number of hydrogen-bond acceptors (Lipinski definition) is 5. The highest BCUT2D eigenvalue weighted by molar-refractivity contribution is 5.89. The predicted octanol–water partition coefficient (Wildman–Crippen LogP) is 2.21. The lowest BCUT2D eigenvalue weighted by Gasteiger charge is -2.17. The Morgan fingerprint density at radius 2 is 1.86 bits per heavy atom. The van der Waals surface area contributed by atoms with E-state index in [9.17, 15) is 9.59 Å². The molecule has 0 amide bonds. The molecule has 2 aromatic rings. The molecule has 22 heavy (non-hydrogen) atoms. The lowest BCUT2D eigenvalue weighted by molar-refractivity contribution is -0.149. The van der Waals surface area contributed by atoms with Gasteiger partial charge in [0, 0.05) is 0 Å². The van der Waals surface area contributed by atoms with Crippen LogP contribution in [0.4, 0.5) is 0 Å². The molecular formula is C16H18N2O4. The van der Waals surface area contributed by atoms with Crippen LogP contribution in [-0.4, -0.2) is 34.7 Å². The van der Waals surface area contributed by atoms with Crippen molar-refractivity contribution in [1.82, 2.24) is 9.55 Å². The van der Waals surface area contributed by atoms with E-state index in [2.05, 4.69) is 9.72 Å². The van der Waals surface area contributed by atoms with Crippen molar-refractivity contribution in [2.45, 2.75) is 26.0 Å². The number of nitrogens with zero attached hydrogens (tertiary/aromatic N) is 2. The fourth-order valence-corrected chi connectivity index (χ4v) is 2.10. The molecule has 0 spiro atoms. The normalized spacial score (nSPS) is 13.2. The highest BCUT2D eigenvalue weighted by Crippen LogP contribution is 2.20. The Bertz CT molecular complexity index is 651. The maximum Gasteiger partial charge on any atom is 0.357 e. The lowest BCUT2D eigenvalue weighted by atomic mass is 10.1. The maximum atomic E-state index is 12.2. The highest BCUT2D eigenvalue weighted by atomic mass is 16.6. The van der Waals surface area contributed by atoms with Crippen molar-refractivity contribution < 1.29 is 19.1 Å². The first-order valence-electron chi connectivity index (χ1n) is 6.90. The molecular weight excluding hydrogens is 284 g/mol. The van der Waals surface area contributed by atoms with Crippen molar-refractivity contribution in [1.29, 1.82) is 0 Å². The molecule has 6 nitrogen and oxygen atoms in total. The van der Waals surface area contributed by atoms with Crippen molar-refractivity contribution in [3.63, 3.8) is 0 Å². The Morgan fingerprint density at radius 3 is 2.50 bits per heavy atom. The van der Waals surface area contributed by atoms with E-state index in [-0.39, 0.29) is 11.7 Å². The molecule has 116 valence electrons. The minimum atomic E-state index is -0.965. The van der Waals surface area contributed by atoms with E-state index in [1.165, 1.54) is 20.2 Å². The Labute approximate surface area is 128 Å². The summed E-state index contributed by atoms with van der Waals surface area (Å²) in [7, 11) is 1.24. The van der Waals surface area contributed by atoms with Crippen LogP contribution in [0.3, 0.4) is 0 Å². The molecule has 0 saturated carbocycles. The van der Waals surface area contributed by atoms with Gasteiger partial charge in [-0.15, -0.1) is 0 Å². The Balaban J connectivity index is 2.19. The number of hydrogen-bond donors (Lipinski definition) is 0. The van der Waals surface area contributed by atoms with Crippen LogP contribution in [0.25, 0.3) is 0 Å². The molecule has 1 unspecified atom stereocenters. The smallest absolute Gasteiger partial charge is 0.357 e. The highest BCUT2D eigenvalue weighted by Gasteiger charge is 2.23. The summed E-state index contributed by atoms with van der Waals surface area (Å²) in [4.78, 5) is 27.5. The first-order chi connectivity index (χ1) is 10.5. The van der Waals surface area contributed by atoms with E-state index in [0.29, 0.717) is 0 Å². The third kappa shape index (κ3) is 3.33. The zero-order valence-corrected chi connectivity index (χ0v) is 12.7. The van der Waals surface area contributed by atoms with Crippen molar-refractivity contribution >= 4 is 11.9 Å². The fraction of sp³-hybridized carbons (Fsp3) is 0.312. The van der Waals surface area contributed by atoms with Gasteiger partial charge in [-0.05, 0) is 19.4 Å². The summed E-state index contributed by atoms with van der Waals surface area (Å²) in [5, 5.41) is 0. The van der Waals surface area contributed by atoms with Crippen LogP contribution in [0.1, 0.15) is 35.9 Å². The molecule has 0 aliphatic carbocycles. The van der Waals surface area contributed by atoms with E-state index in [1.807, 2.05) is 37.3 Å². The summed E-state index contributed by atoms with van der Waals surface area (Å²) < 4.78 is 11.3. The Kier molecular flexibility index (Phi) is 4.93. The van der Waals surface area contributed by atoms with Gasteiger partial charge in [-0.25, -0.2) is 14.6 Å². The van der Waals surface area contributed by atoms with Gasteiger partial charge in [-0.1, -0.05) is 30.3 Å². The summed E-state index contributed by atoms with van der Waals surface area (Å²) in [5.74, 6) is -1.21. The molecule has 1 heterocycles. The molecule has 0 aliphatic heterocycles. The molecule has 0 aliphatic rings. The molecule has 0 fully saturated rings. The monoisotopic (exact) mass is 302 g/mol. The SMILES string of the molecule is COC(=O)[C@@H](C)OC(=O)c1cncn1C(C)c1ccccc1. The van der Waals surface area contributed by atoms with Gasteiger partial charge in [0.15, 0.2) is 6.10 Å². The van der Waals surface area contributed by atoms with Crippen molar-refractivity contribution in [2.75, 3.05) is 7.11 Å². The van der Waals surface area contributed by atoms with E-state index < -0.39 is 18.0 Å². The minimum Gasteiger partial charge on any atom is -0.466 e. The van der Waals surface area contributed by atoms with Crippen LogP contribution in [-0.2, 0) is 14.3 Å². The van der Waals surface area contributed by atoms with E-state index in [1.54, 1.807) is 10.9 Å². The van der Waals surface area contributed by atoms with Gasteiger partial charge in [0.2, 0.25) is 0 Å². The Hall–Kier alpha value is -2.63.